The minimum absolute atomic E-state index is 0.0226. The van der Waals surface area contributed by atoms with Crippen molar-refractivity contribution < 1.29 is 9.53 Å². The van der Waals surface area contributed by atoms with Crippen LogP contribution < -0.4 is 0 Å². The van der Waals surface area contributed by atoms with Crippen molar-refractivity contribution in [1.29, 1.82) is 0 Å². The fourth-order valence-corrected chi connectivity index (χ4v) is 3.76. The molecule has 0 aromatic rings. The van der Waals surface area contributed by atoms with Crippen molar-refractivity contribution in [2.24, 2.45) is 0 Å². The average Bonchev–Trinajstić information content (AvgIpc) is 2.03. The van der Waals surface area contributed by atoms with Gasteiger partial charge >= 0.3 is 5.97 Å². The van der Waals surface area contributed by atoms with Crippen molar-refractivity contribution in [2.45, 2.75) is 76.1 Å². The molecule has 3 aliphatic heterocycles. The second-order valence-electron chi connectivity index (χ2n) is 6.59. The van der Waals surface area contributed by atoms with E-state index in [2.05, 4.69) is 4.90 Å². The largest absolute Gasteiger partial charge is 0.459 e. The number of piperidine rings is 2. The van der Waals surface area contributed by atoms with Gasteiger partial charge < -0.3 is 4.74 Å². The number of nitrogens with zero attached hydrogens (tertiary/aromatic N) is 1. The molecule has 0 spiro atoms. The Bertz CT molecular complexity index is 317. The lowest BCUT2D eigenvalue weighted by molar-refractivity contribution is -0.240. The van der Waals surface area contributed by atoms with Crippen molar-refractivity contribution >= 4 is 5.97 Å². The minimum Gasteiger partial charge on any atom is -0.459 e. The maximum absolute atomic E-state index is 12.2. The molecular formula is C13H21NO2. The third-order valence-corrected chi connectivity index (χ3v) is 4.28. The summed E-state index contributed by atoms with van der Waals surface area (Å²) in [6, 6.07) is 1.36. The summed E-state index contributed by atoms with van der Waals surface area (Å²) in [6.45, 7) is 5.85. The SMILES string of the molecule is CC(C)(C)OC(=O)C12C[C@H]3CCC[C@@H](C1)N32. The molecule has 3 heteroatoms. The van der Waals surface area contributed by atoms with Crippen LogP contribution in [-0.4, -0.2) is 34.1 Å². The fourth-order valence-electron chi connectivity index (χ4n) is 3.76. The van der Waals surface area contributed by atoms with Crippen molar-refractivity contribution in [3.63, 3.8) is 0 Å². The molecule has 3 atom stereocenters. The summed E-state index contributed by atoms with van der Waals surface area (Å²) in [5.41, 5.74) is -0.555. The van der Waals surface area contributed by atoms with Crippen molar-refractivity contribution in [3.8, 4) is 0 Å². The lowest BCUT2D eigenvalue weighted by Crippen LogP contribution is -2.83. The van der Waals surface area contributed by atoms with E-state index in [1.54, 1.807) is 0 Å². The smallest absolute Gasteiger partial charge is 0.327 e. The van der Waals surface area contributed by atoms with E-state index in [4.69, 9.17) is 4.74 Å². The summed E-state index contributed by atoms with van der Waals surface area (Å²) in [7, 11) is 0. The van der Waals surface area contributed by atoms with Crippen LogP contribution in [0.4, 0.5) is 0 Å². The first-order valence-electron chi connectivity index (χ1n) is 6.44. The number of hydrogen-bond acceptors (Lipinski definition) is 3. The topological polar surface area (TPSA) is 29.5 Å². The van der Waals surface area contributed by atoms with Crippen LogP contribution in [0.2, 0.25) is 0 Å². The summed E-state index contributed by atoms with van der Waals surface area (Å²) >= 11 is 0. The summed E-state index contributed by atoms with van der Waals surface area (Å²) in [6.07, 6.45) is 5.98. The Morgan fingerprint density at radius 3 is 2.31 bits per heavy atom. The van der Waals surface area contributed by atoms with E-state index >= 15 is 0 Å². The highest BCUT2D eigenvalue weighted by Gasteiger charge is 2.68. The molecule has 0 bridgehead atoms. The Labute approximate surface area is 97.1 Å². The van der Waals surface area contributed by atoms with E-state index in [9.17, 15) is 4.79 Å². The third-order valence-electron chi connectivity index (χ3n) is 4.28. The number of esters is 1. The molecule has 0 aromatic carbocycles. The lowest BCUT2D eigenvalue weighted by Gasteiger charge is -2.70. The highest BCUT2D eigenvalue weighted by molar-refractivity contribution is 5.84. The van der Waals surface area contributed by atoms with E-state index in [1.165, 1.54) is 19.3 Å². The van der Waals surface area contributed by atoms with Gasteiger partial charge in [0.25, 0.3) is 0 Å². The van der Waals surface area contributed by atoms with Gasteiger partial charge in [-0.3, -0.25) is 9.69 Å². The van der Waals surface area contributed by atoms with Gasteiger partial charge in [-0.1, -0.05) is 6.42 Å². The minimum atomic E-state index is -0.349. The van der Waals surface area contributed by atoms with Crippen LogP contribution in [0.5, 0.6) is 0 Å². The van der Waals surface area contributed by atoms with Gasteiger partial charge in [0.05, 0.1) is 0 Å². The van der Waals surface area contributed by atoms with Crippen molar-refractivity contribution in [3.05, 3.63) is 0 Å². The Morgan fingerprint density at radius 2 is 1.81 bits per heavy atom. The first kappa shape index (κ1) is 10.6. The zero-order valence-corrected chi connectivity index (χ0v) is 10.5. The van der Waals surface area contributed by atoms with Crippen LogP contribution in [-0.2, 0) is 9.53 Å². The molecule has 1 unspecified atom stereocenters. The Hall–Kier alpha value is -0.570. The summed E-state index contributed by atoms with van der Waals surface area (Å²) in [4.78, 5) is 14.6. The lowest BCUT2D eigenvalue weighted by atomic mass is 9.60. The van der Waals surface area contributed by atoms with Crippen LogP contribution in [0.1, 0.15) is 52.9 Å². The second-order valence-corrected chi connectivity index (χ2v) is 6.59. The molecular weight excluding hydrogens is 202 g/mol. The van der Waals surface area contributed by atoms with E-state index in [-0.39, 0.29) is 17.1 Å². The van der Waals surface area contributed by atoms with Gasteiger partial charge in [-0.25, -0.2) is 0 Å². The molecule has 3 saturated heterocycles. The first-order chi connectivity index (χ1) is 7.42. The molecule has 0 N–H and O–H groups in total. The maximum Gasteiger partial charge on any atom is 0.327 e. The van der Waals surface area contributed by atoms with Gasteiger partial charge in [0.1, 0.15) is 11.1 Å². The normalized spacial score (nSPS) is 41.7. The molecule has 3 aliphatic rings. The Kier molecular flexibility index (Phi) is 1.99. The van der Waals surface area contributed by atoms with Crippen molar-refractivity contribution in [2.75, 3.05) is 0 Å². The molecule has 0 saturated carbocycles. The number of hydrogen-bond donors (Lipinski definition) is 0. The second kappa shape index (κ2) is 3.00. The van der Waals surface area contributed by atoms with Crippen molar-refractivity contribution in [1.82, 2.24) is 4.90 Å². The van der Waals surface area contributed by atoms with Gasteiger partial charge in [0.15, 0.2) is 0 Å². The number of carbonyl (C=O) groups is 1. The monoisotopic (exact) mass is 223 g/mol. The summed E-state index contributed by atoms with van der Waals surface area (Å²) < 4.78 is 5.55. The van der Waals surface area contributed by atoms with Crippen LogP contribution in [0, 0.1) is 0 Å². The predicted octanol–water partition coefficient (Wildman–Crippen LogP) is 2.10. The van der Waals surface area contributed by atoms with Crippen LogP contribution in [0.3, 0.4) is 0 Å². The zero-order chi connectivity index (χ0) is 11.6. The van der Waals surface area contributed by atoms with Gasteiger partial charge in [-0.15, -0.1) is 0 Å². The molecule has 0 radical (unpaired) electrons. The predicted molar refractivity (Wildman–Crippen MR) is 61.1 cm³/mol. The van der Waals surface area contributed by atoms with E-state index in [1.807, 2.05) is 20.8 Å². The number of ether oxygens (including phenoxy) is 1. The van der Waals surface area contributed by atoms with E-state index in [0.29, 0.717) is 12.1 Å². The van der Waals surface area contributed by atoms with E-state index in [0.717, 1.165) is 12.8 Å². The van der Waals surface area contributed by atoms with Gasteiger partial charge in [-0.05, 0) is 46.5 Å². The third kappa shape index (κ3) is 1.27. The first-order valence-corrected chi connectivity index (χ1v) is 6.44. The quantitative estimate of drug-likeness (QED) is 0.638. The van der Waals surface area contributed by atoms with Gasteiger partial charge in [-0.2, -0.15) is 0 Å². The van der Waals surface area contributed by atoms with Gasteiger partial charge in [0.2, 0.25) is 0 Å². The average molecular weight is 223 g/mol. The number of carbonyl (C=O) groups excluding carboxylic acids is 1. The molecule has 3 nitrogen and oxygen atoms in total. The molecule has 90 valence electrons. The standard InChI is InChI=1S/C13H21NO2/c1-12(2,3)16-11(15)13-7-9-5-4-6-10(8-13)14(9)13/h9-10H,4-8H2,1-3H3/t9-,10+,13?. The summed E-state index contributed by atoms with van der Waals surface area (Å²) in [5.74, 6) is 0.0226. The Morgan fingerprint density at radius 1 is 1.25 bits per heavy atom. The molecule has 3 rings (SSSR count). The summed E-state index contributed by atoms with van der Waals surface area (Å²) in [5, 5.41) is 0. The van der Waals surface area contributed by atoms with E-state index < -0.39 is 0 Å². The van der Waals surface area contributed by atoms with Gasteiger partial charge in [0, 0.05) is 12.1 Å². The van der Waals surface area contributed by atoms with Crippen LogP contribution in [0.15, 0.2) is 0 Å². The fraction of sp³-hybridized carbons (Fsp3) is 0.923. The maximum atomic E-state index is 12.2. The molecule has 0 aliphatic carbocycles. The highest BCUT2D eigenvalue weighted by Crippen LogP contribution is 2.57. The molecule has 3 heterocycles. The molecule has 0 amide bonds. The van der Waals surface area contributed by atoms with Crippen LogP contribution in [0.25, 0.3) is 0 Å². The highest BCUT2D eigenvalue weighted by atomic mass is 16.6. The van der Waals surface area contributed by atoms with Crippen LogP contribution >= 0.6 is 0 Å². The number of rotatable bonds is 1. The Balaban J connectivity index is 1.71. The molecule has 0 aromatic heterocycles. The molecule has 3 fully saturated rings. The molecule has 16 heavy (non-hydrogen) atoms. The zero-order valence-electron chi connectivity index (χ0n) is 10.5.